The van der Waals surface area contributed by atoms with Gasteiger partial charge in [-0.15, -0.1) is 0 Å². The number of benzodiazepines with no additional fused rings is 1. The van der Waals surface area contributed by atoms with Gasteiger partial charge in [0.25, 0.3) is 5.91 Å². The quantitative estimate of drug-likeness (QED) is 0.599. The van der Waals surface area contributed by atoms with E-state index in [1.807, 2.05) is 54.6 Å². The monoisotopic (exact) mass is 465 g/mol. The lowest BCUT2D eigenvalue weighted by Gasteiger charge is -2.20. The molecule has 1 unspecified atom stereocenters. The molecule has 4 rings (SSSR count). The molecule has 1 heterocycles. The average Bonchev–Trinajstić information content (AvgIpc) is 2.94. The number of anilines is 1. The molecule has 3 aromatic carbocycles. The van der Waals surface area contributed by atoms with Gasteiger partial charge in [-0.05, 0) is 30.2 Å². The van der Waals surface area contributed by atoms with Gasteiger partial charge in [0.1, 0.15) is 0 Å². The molecule has 1 N–H and O–H groups in total. The fourth-order valence-electron chi connectivity index (χ4n) is 3.79. The van der Waals surface area contributed by atoms with E-state index < -0.39 is 23.8 Å². The van der Waals surface area contributed by atoms with Gasteiger partial charge in [-0.25, -0.2) is 4.99 Å². The summed E-state index contributed by atoms with van der Waals surface area (Å²) in [6.07, 6.45) is -5.31. The molecule has 2 amide bonds. The Kier molecular flexibility index (Phi) is 6.49. The molecule has 0 saturated heterocycles. The summed E-state index contributed by atoms with van der Waals surface area (Å²) in [5, 5.41) is 2.68. The highest BCUT2D eigenvalue weighted by molar-refractivity contribution is 6.20. The number of aliphatic imine (C=N–C) groups is 1. The molecular formula is C26H22F3N3O2. The zero-order valence-corrected chi connectivity index (χ0v) is 18.3. The maximum Gasteiger partial charge on any atom is 0.416 e. The number of aryl methyl sites for hydroxylation is 1. The van der Waals surface area contributed by atoms with Crippen LogP contribution in [-0.4, -0.2) is 30.7 Å². The Balaban J connectivity index is 1.54. The van der Waals surface area contributed by atoms with Gasteiger partial charge in [-0.3, -0.25) is 9.59 Å². The van der Waals surface area contributed by atoms with Crippen molar-refractivity contribution in [1.29, 1.82) is 0 Å². The zero-order chi connectivity index (χ0) is 24.3. The summed E-state index contributed by atoms with van der Waals surface area (Å²) >= 11 is 0. The number of nitrogens with one attached hydrogen (secondary N) is 1. The van der Waals surface area contributed by atoms with E-state index in [1.165, 1.54) is 17.0 Å². The normalized spacial score (nSPS) is 15.9. The number of para-hydroxylation sites is 1. The molecule has 34 heavy (non-hydrogen) atoms. The van der Waals surface area contributed by atoms with Crippen molar-refractivity contribution < 1.29 is 22.8 Å². The predicted molar refractivity (Wildman–Crippen MR) is 124 cm³/mol. The van der Waals surface area contributed by atoms with Gasteiger partial charge in [0.15, 0.2) is 0 Å². The first-order valence-corrected chi connectivity index (χ1v) is 10.7. The number of halogens is 3. The number of carbonyl (C=O) groups excluding carboxylic acids is 2. The van der Waals surface area contributed by atoms with Gasteiger partial charge in [0, 0.05) is 24.6 Å². The van der Waals surface area contributed by atoms with Crippen LogP contribution in [0, 0.1) is 0 Å². The zero-order valence-electron chi connectivity index (χ0n) is 18.3. The molecule has 0 aliphatic carbocycles. The molecule has 1 aliphatic heterocycles. The molecule has 0 spiro atoms. The molecule has 0 aromatic heterocycles. The van der Waals surface area contributed by atoms with Crippen molar-refractivity contribution >= 4 is 23.2 Å². The number of carbonyl (C=O) groups is 2. The van der Waals surface area contributed by atoms with Crippen molar-refractivity contribution in [3.8, 4) is 0 Å². The first kappa shape index (κ1) is 23.2. The number of hydrogen-bond acceptors (Lipinski definition) is 3. The molecule has 3 aromatic rings. The van der Waals surface area contributed by atoms with E-state index in [9.17, 15) is 22.8 Å². The van der Waals surface area contributed by atoms with E-state index in [0.717, 1.165) is 23.3 Å². The molecule has 0 radical (unpaired) electrons. The van der Waals surface area contributed by atoms with Crippen LogP contribution >= 0.6 is 0 Å². The Morgan fingerprint density at radius 3 is 2.29 bits per heavy atom. The van der Waals surface area contributed by atoms with Crippen LogP contribution in [0.1, 0.15) is 28.7 Å². The van der Waals surface area contributed by atoms with Crippen molar-refractivity contribution in [2.24, 2.45) is 4.99 Å². The van der Waals surface area contributed by atoms with Crippen LogP contribution in [0.3, 0.4) is 0 Å². The lowest BCUT2D eigenvalue weighted by molar-refractivity contribution is -0.137. The van der Waals surface area contributed by atoms with Crippen LogP contribution in [0.2, 0.25) is 0 Å². The van der Waals surface area contributed by atoms with Crippen molar-refractivity contribution in [1.82, 2.24) is 5.32 Å². The molecule has 1 atom stereocenters. The summed E-state index contributed by atoms with van der Waals surface area (Å²) in [5.41, 5.74) is 2.69. The van der Waals surface area contributed by atoms with Crippen LogP contribution in [0.5, 0.6) is 0 Å². The van der Waals surface area contributed by atoms with Gasteiger partial charge in [0.05, 0.1) is 17.0 Å². The van der Waals surface area contributed by atoms with Crippen LogP contribution in [0.4, 0.5) is 18.9 Å². The topological polar surface area (TPSA) is 61.8 Å². The van der Waals surface area contributed by atoms with Crippen molar-refractivity contribution in [3.05, 3.63) is 101 Å². The fourth-order valence-corrected chi connectivity index (χ4v) is 3.79. The van der Waals surface area contributed by atoms with Crippen molar-refractivity contribution in [2.45, 2.75) is 25.2 Å². The second-order valence-corrected chi connectivity index (χ2v) is 7.92. The van der Waals surface area contributed by atoms with E-state index in [1.54, 1.807) is 7.05 Å². The third-order valence-electron chi connectivity index (χ3n) is 5.61. The van der Waals surface area contributed by atoms with Gasteiger partial charge in [0.2, 0.25) is 12.1 Å². The Bertz CT molecular complexity index is 1220. The number of likely N-dealkylation sites (N-methyl/N-ethyl adjacent to an activating group) is 1. The maximum atomic E-state index is 13.1. The summed E-state index contributed by atoms with van der Waals surface area (Å²) in [7, 11) is 1.63. The van der Waals surface area contributed by atoms with Gasteiger partial charge < -0.3 is 10.2 Å². The molecule has 174 valence electrons. The number of alkyl halides is 3. The summed E-state index contributed by atoms with van der Waals surface area (Å²) in [4.78, 5) is 31.9. The standard InChI is InChI=1S/C26H22F3N3O2/c1-32-21-10-6-5-9-20(21)23(18-7-3-2-4-8-18)31-24(25(32)34)30-22(33)16-13-17-11-14-19(15-12-17)26(27,28)29/h2-12,14-15,24H,13,16H2,1H3,(H,30,33). The smallest absolute Gasteiger partial charge is 0.327 e. The van der Waals surface area contributed by atoms with E-state index in [-0.39, 0.29) is 18.7 Å². The van der Waals surface area contributed by atoms with E-state index in [4.69, 9.17) is 0 Å². The molecule has 0 saturated carbocycles. The number of fused-ring (bicyclic) bond motifs is 1. The van der Waals surface area contributed by atoms with Crippen LogP contribution < -0.4 is 10.2 Å². The third kappa shape index (κ3) is 5.01. The molecule has 0 fully saturated rings. The number of hydrogen-bond donors (Lipinski definition) is 1. The van der Waals surface area contributed by atoms with E-state index >= 15 is 0 Å². The minimum Gasteiger partial charge on any atom is -0.327 e. The highest BCUT2D eigenvalue weighted by Crippen LogP contribution is 2.29. The molecule has 8 heteroatoms. The lowest BCUT2D eigenvalue weighted by Crippen LogP contribution is -2.46. The molecular weight excluding hydrogens is 443 g/mol. The molecule has 5 nitrogen and oxygen atoms in total. The van der Waals surface area contributed by atoms with Crippen LogP contribution in [0.15, 0.2) is 83.9 Å². The average molecular weight is 465 g/mol. The largest absolute Gasteiger partial charge is 0.416 e. The third-order valence-corrected chi connectivity index (χ3v) is 5.61. The highest BCUT2D eigenvalue weighted by Gasteiger charge is 2.31. The molecule has 0 bridgehead atoms. The number of amides is 2. The SMILES string of the molecule is CN1C(=O)C(NC(=O)CCc2ccc(C(F)(F)F)cc2)N=C(c2ccccc2)c2ccccc21. The second-order valence-electron chi connectivity index (χ2n) is 7.92. The summed E-state index contributed by atoms with van der Waals surface area (Å²) in [5.74, 6) is -0.810. The van der Waals surface area contributed by atoms with Crippen molar-refractivity contribution in [3.63, 3.8) is 0 Å². The minimum absolute atomic E-state index is 0.00198. The van der Waals surface area contributed by atoms with Gasteiger partial charge in [-0.2, -0.15) is 13.2 Å². The number of benzene rings is 3. The Morgan fingerprint density at radius 2 is 1.62 bits per heavy atom. The van der Waals surface area contributed by atoms with E-state index in [2.05, 4.69) is 10.3 Å². The van der Waals surface area contributed by atoms with Gasteiger partial charge in [-0.1, -0.05) is 60.7 Å². The Hall–Kier alpha value is -3.94. The van der Waals surface area contributed by atoms with E-state index in [0.29, 0.717) is 17.0 Å². The first-order valence-electron chi connectivity index (χ1n) is 10.7. The predicted octanol–water partition coefficient (Wildman–Crippen LogP) is 4.59. The summed E-state index contributed by atoms with van der Waals surface area (Å²) < 4.78 is 38.2. The Morgan fingerprint density at radius 1 is 0.971 bits per heavy atom. The summed E-state index contributed by atoms with van der Waals surface area (Å²) in [6.45, 7) is 0. The highest BCUT2D eigenvalue weighted by atomic mass is 19.4. The fraction of sp³-hybridized carbons (Fsp3) is 0.192. The maximum absolute atomic E-state index is 13.1. The van der Waals surface area contributed by atoms with Crippen LogP contribution in [-0.2, 0) is 22.2 Å². The molecule has 1 aliphatic rings. The number of nitrogens with zero attached hydrogens (tertiary/aromatic N) is 2. The number of rotatable bonds is 5. The lowest BCUT2D eigenvalue weighted by atomic mass is 10.0. The van der Waals surface area contributed by atoms with Crippen LogP contribution in [0.25, 0.3) is 0 Å². The van der Waals surface area contributed by atoms with Crippen molar-refractivity contribution in [2.75, 3.05) is 11.9 Å². The second kappa shape index (κ2) is 9.51. The first-order chi connectivity index (χ1) is 16.2. The summed E-state index contributed by atoms with van der Waals surface area (Å²) in [6, 6.07) is 21.5. The van der Waals surface area contributed by atoms with Gasteiger partial charge >= 0.3 is 6.18 Å². The minimum atomic E-state index is -4.41. The Labute approximate surface area is 194 Å².